The summed E-state index contributed by atoms with van der Waals surface area (Å²) in [5.74, 6) is -1.51. The molecule has 1 heterocycles. The van der Waals surface area contributed by atoms with Crippen molar-refractivity contribution in [3.05, 3.63) is 105 Å². The number of nitrogens with one attached hydrogen (secondary N) is 1. The lowest BCUT2D eigenvalue weighted by Gasteiger charge is -2.13. The van der Waals surface area contributed by atoms with Crippen molar-refractivity contribution in [2.24, 2.45) is 0 Å². The van der Waals surface area contributed by atoms with Crippen molar-refractivity contribution in [2.45, 2.75) is 13.5 Å². The van der Waals surface area contributed by atoms with Crippen LogP contribution in [0.4, 0.5) is 10.5 Å². The molecule has 1 aliphatic heterocycles. The first-order valence-electron chi connectivity index (χ1n) is 10.9. The molecule has 1 saturated heterocycles. The van der Waals surface area contributed by atoms with Gasteiger partial charge in [-0.05, 0) is 66.2 Å². The molecule has 3 aromatic carbocycles. The molecule has 0 aliphatic carbocycles. The van der Waals surface area contributed by atoms with Gasteiger partial charge < -0.3 is 10.1 Å². The van der Waals surface area contributed by atoms with Crippen molar-refractivity contribution in [2.75, 3.05) is 11.9 Å². The number of carbonyl (C=O) groups excluding carboxylic acids is 4. The molecule has 1 fully saturated rings. The normalized spacial score (nSPS) is 14.3. The first-order valence-corrected chi connectivity index (χ1v) is 12.1. The van der Waals surface area contributed by atoms with Crippen molar-refractivity contribution < 1.29 is 23.9 Å². The van der Waals surface area contributed by atoms with Gasteiger partial charge in [0, 0.05) is 10.7 Å². The zero-order valence-corrected chi connectivity index (χ0v) is 20.8. The third kappa shape index (κ3) is 6.21. The Kier molecular flexibility index (Phi) is 7.87. The summed E-state index contributed by atoms with van der Waals surface area (Å²) in [5.41, 5.74) is 3.24. The summed E-state index contributed by atoms with van der Waals surface area (Å²) in [6, 6.07) is 20.6. The lowest BCUT2D eigenvalue weighted by molar-refractivity contribution is -0.123. The number of thioether (sulfide) groups is 1. The molecular formula is C27H21ClN2O5S. The number of imide groups is 1. The van der Waals surface area contributed by atoms with Crippen molar-refractivity contribution in [3.63, 3.8) is 0 Å². The van der Waals surface area contributed by atoms with E-state index >= 15 is 0 Å². The number of esters is 1. The fourth-order valence-electron chi connectivity index (χ4n) is 3.35. The Hall–Kier alpha value is -3.88. The van der Waals surface area contributed by atoms with Crippen LogP contribution in [-0.4, -0.2) is 34.5 Å². The lowest BCUT2D eigenvalue weighted by Crippen LogP contribution is -2.27. The summed E-state index contributed by atoms with van der Waals surface area (Å²) < 4.78 is 5.08. The van der Waals surface area contributed by atoms with E-state index in [-0.39, 0.29) is 22.3 Å². The van der Waals surface area contributed by atoms with Gasteiger partial charge in [0.25, 0.3) is 17.1 Å². The molecule has 0 bridgehead atoms. The van der Waals surface area contributed by atoms with Crippen LogP contribution in [0, 0.1) is 6.92 Å². The molecule has 4 rings (SSSR count). The van der Waals surface area contributed by atoms with Gasteiger partial charge in [-0.1, -0.05) is 59.6 Å². The average Bonchev–Trinajstić information content (AvgIpc) is 3.13. The molecule has 36 heavy (non-hydrogen) atoms. The Morgan fingerprint density at radius 3 is 2.39 bits per heavy atom. The van der Waals surface area contributed by atoms with Crippen molar-refractivity contribution in [1.82, 2.24) is 4.90 Å². The highest BCUT2D eigenvalue weighted by molar-refractivity contribution is 8.18. The van der Waals surface area contributed by atoms with Gasteiger partial charge in [-0.25, -0.2) is 4.79 Å². The van der Waals surface area contributed by atoms with Crippen LogP contribution in [0.5, 0.6) is 0 Å². The molecule has 9 heteroatoms. The predicted molar refractivity (Wildman–Crippen MR) is 139 cm³/mol. The van der Waals surface area contributed by atoms with Crippen LogP contribution in [0.15, 0.2) is 77.7 Å². The number of halogens is 1. The monoisotopic (exact) mass is 520 g/mol. The lowest BCUT2D eigenvalue weighted by atomic mass is 10.1. The zero-order valence-electron chi connectivity index (χ0n) is 19.2. The van der Waals surface area contributed by atoms with Gasteiger partial charge in [0.2, 0.25) is 0 Å². The molecule has 182 valence electrons. The molecule has 0 atom stereocenters. The fraction of sp³-hybridized carbons (Fsp3) is 0.111. The van der Waals surface area contributed by atoms with Crippen LogP contribution < -0.4 is 5.32 Å². The van der Waals surface area contributed by atoms with Crippen LogP contribution in [0.25, 0.3) is 6.08 Å². The first kappa shape index (κ1) is 25.2. The molecule has 0 saturated carbocycles. The summed E-state index contributed by atoms with van der Waals surface area (Å²) in [5, 5.41) is 2.76. The average molecular weight is 521 g/mol. The maximum Gasteiger partial charge on any atom is 0.338 e. The van der Waals surface area contributed by atoms with Gasteiger partial charge in [-0.15, -0.1) is 0 Å². The van der Waals surface area contributed by atoms with Crippen molar-refractivity contribution in [1.29, 1.82) is 0 Å². The van der Waals surface area contributed by atoms with Gasteiger partial charge in [0.15, 0.2) is 6.61 Å². The third-order valence-electron chi connectivity index (χ3n) is 5.27. The summed E-state index contributed by atoms with van der Waals surface area (Å²) in [7, 11) is 0. The van der Waals surface area contributed by atoms with Gasteiger partial charge in [0.1, 0.15) is 0 Å². The Morgan fingerprint density at radius 2 is 1.69 bits per heavy atom. The van der Waals surface area contributed by atoms with Gasteiger partial charge in [0.05, 0.1) is 17.0 Å². The van der Waals surface area contributed by atoms with Crippen LogP contribution in [0.3, 0.4) is 0 Å². The van der Waals surface area contributed by atoms with Crippen LogP contribution >= 0.6 is 23.4 Å². The number of rotatable bonds is 7. The molecule has 1 aliphatic rings. The van der Waals surface area contributed by atoms with Crippen LogP contribution in [0.2, 0.25) is 5.02 Å². The minimum atomic E-state index is -0.652. The van der Waals surface area contributed by atoms with Gasteiger partial charge in [-0.3, -0.25) is 19.3 Å². The summed E-state index contributed by atoms with van der Waals surface area (Å²) in [4.78, 5) is 50.9. The van der Waals surface area contributed by atoms with E-state index in [9.17, 15) is 19.2 Å². The number of aryl methyl sites for hydroxylation is 1. The number of hydrogen-bond donors (Lipinski definition) is 1. The molecule has 0 aromatic heterocycles. The summed E-state index contributed by atoms with van der Waals surface area (Å²) in [6.45, 7) is 1.60. The zero-order chi connectivity index (χ0) is 25.7. The largest absolute Gasteiger partial charge is 0.452 e. The van der Waals surface area contributed by atoms with Gasteiger partial charge >= 0.3 is 5.97 Å². The molecule has 0 unspecified atom stereocenters. The highest BCUT2D eigenvalue weighted by atomic mass is 35.5. The Bertz CT molecular complexity index is 1350. The molecule has 3 aromatic rings. The van der Waals surface area contributed by atoms with E-state index < -0.39 is 24.4 Å². The van der Waals surface area contributed by atoms with E-state index in [1.54, 1.807) is 54.6 Å². The number of nitrogens with zero attached hydrogens (tertiary/aromatic N) is 1. The fourth-order valence-corrected chi connectivity index (χ4v) is 4.38. The first-order chi connectivity index (χ1) is 17.3. The minimum absolute atomic E-state index is 0.0873. The molecular weight excluding hydrogens is 500 g/mol. The molecule has 7 nitrogen and oxygen atoms in total. The topological polar surface area (TPSA) is 92.8 Å². The van der Waals surface area contributed by atoms with E-state index in [2.05, 4.69) is 5.32 Å². The van der Waals surface area contributed by atoms with Crippen LogP contribution in [-0.2, 0) is 20.9 Å². The second kappa shape index (κ2) is 11.2. The second-order valence-electron chi connectivity index (χ2n) is 7.97. The van der Waals surface area contributed by atoms with Crippen LogP contribution in [0.1, 0.15) is 27.0 Å². The summed E-state index contributed by atoms with van der Waals surface area (Å²) in [6.07, 6.45) is 1.58. The van der Waals surface area contributed by atoms with E-state index in [4.69, 9.17) is 16.3 Å². The Balaban J connectivity index is 1.34. The predicted octanol–water partition coefficient (Wildman–Crippen LogP) is 5.68. The molecule has 0 spiro atoms. The van der Waals surface area contributed by atoms with Crippen molar-refractivity contribution in [3.8, 4) is 0 Å². The third-order valence-corrected chi connectivity index (χ3v) is 6.55. The smallest absolute Gasteiger partial charge is 0.338 e. The number of benzene rings is 3. The maximum atomic E-state index is 12.8. The quantitative estimate of drug-likeness (QED) is 0.318. The summed E-state index contributed by atoms with van der Waals surface area (Å²) >= 11 is 7.00. The number of carbonyl (C=O) groups is 4. The highest BCUT2D eigenvalue weighted by Crippen LogP contribution is 2.34. The SMILES string of the molecule is Cc1ccc(NC(=O)COC(=O)c2ccc(/C=C3\SC(=O)N(Cc4ccccc4Cl)C3=O)cc2)cc1. The van der Waals surface area contributed by atoms with Gasteiger partial charge in [-0.2, -0.15) is 0 Å². The highest BCUT2D eigenvalue weighted by Gasteiger charge is 2.35. The van der Waals surface area contributed by atoms with Crippen molar-refractivity contribution >= 4 is 58.1 Å². The Labute approximate surface area is 217 Å². The molecule has 0 radical (unpaired) electrons. The number of hydrogen-bond acceptors (Lipinski definition) is 6. The van der Waals surface area contributed by atoms with E-state index in [0.29, 0.717) is 21.8 Å². The standard InChI is InChI=1S/C27H21ClN2O5S/c1-17-6-12-21(13-7-17)29-24(31)16-35-26(33)19-10-8-18(9-11-19)14-23-25(32)30(27(34)36-23)15-20-4-2-3-5-22(20)28/h2-14H,15-16H2,1H3,(H,29,31)/b23-14-. The van der Waals surface area contributed by atoms with E-state index in [0.717, 1.165) is 22.2 Å². The molecule has 1 N–H and O–H groups in total. The second-order valence-corrected chi connectivity index (χ2v) is 9.37. The minimum Gasteiger partial charge on any atom is -0.452 e. The molecule has 3 amide bonds. The van der Waals surface area contributed by atoms with E-state index in [1.165, 1.54) is 12.1 Å². The number of amides is 3. The number of anilines is 1. The number of ether oxygens (including phenoxy) is 1. The Morgan fingerprint density at radius 1 is 1.00 bits per heavy atom. The van der Waals surface area contributed by atoms with E-state index in [1.807, 2.05) is 19.1 Å². The maximum absolute atomic E-state index is 12.8.